The van der Waals surface area contributed by atoms with Crippen molar-refractivity contribution in [1.29, 1.82) is 0 Å². The molecular weight excluding hydrogens is 368 g/mol. The molecule has 5 rings (SSSR count). The Morgan fingerprint density at radius 3 is 3.00 bits per heavy atom. The van der Waals surface area contributed by atoms with Crippen molar-refractivity contribution >= 4 is 17.2 Å². The number of nitrogens with zero attached hydrogens (tertiary/aromatic N) is 3. The Kier molecular flexibility index (Phi) is 4.08. The topological polar surface area (TPSA) is 81.7 Å². The monoisotopic (exact) mass is 388 g/mol. The number of hydrogen-bond acceptors (Lipinski definition) is 5. The molecule has 7 nitrogen and oxygen atoms in total. The van der Waals surface area contributed by atoms with Crippen molar-refractivity contribution in [2.45, 2.75) is 32.8 Å². The SMILES string of the molecule is Cc1cc(C)n2ccc(C(=O)Nc3ccc4c(c3)C(Oc3ncco3)CC4)c2n1. The first-order valence-corrected chi connectivity index (χ1v) is 9.54. The highest BCUT2D eigenvalue weighted by atomic mass is 16.6. The van der Waals surface area contributed by atoms with Gasteiger partial charge in [0.1, 0.15) is 18.0 Å². The Labute approximate surface area is 167 Å². The Bertz CT molecular complexity index is 1210. The van der Waals surface area contributed by atoms with Gasteiger partial charge in [0.05, 0.1) is 11.8 Å². The van der Waals surface area contributed by atoms with Crippen LogP contribution in [0.1, 0.15) is 45.4 Å². The zero-order valence-corrected chi connectivity index (χ0v) is 16.2. The molecule has 0 fully saturated rings. The molecule has 0 saturated carbocycles. The Balaban J connectivity index is 1.41. The van der Waals surface area contributed by atoms with E-state index in [0.717, 1.165) is 35.5 Å². The fraction of sp³-hybridized carbons (Fsp3) is 0.227. The van der Waals surface area contributed by atoms with Crippen LogP contribution in [-0.4, -0.2) is 20.3 Å². The molecule has 1 aliphatic carbocycles. The standard InChI is InChI=1S/C22H20N4O3/c1-13-11-14(2)26-9-7-17(20(26)24-13)21(27)25-16-5-3-15-4-6-19(18(15)12-16)29-22-23-8-10-28-22/h3,5,7-12,19H,4,6H2,1-2H3,(H,25,27). The van der Waals surface area contributed by atoms with Gasteiger partial charge in [-0.3, -0.25) is 4.79 Å². The van der Waals surface area contributed by atoms with E-state index in [0.29, 0.717) is 11.2 Å². The summed E-state index contributed by atoms with van der Waals surface area (Å²) in [6, 6.07) is 9.71. The van der Waals surface area contributed by atoms with Gasteiger partial charge in [0.2, 0.25) is 0 Å². The van der Waals surface area contributed by atoms with Crippen LogP contribution in [0.25, 0.3) is 5.65 Å². The van der Waals surface area contributed by atoms with Crippen molar-refractivity contribution < 1.29 is 13.9 Å². The highest BCUT2D eigenvalue weighted by Crippen LogP contribution is 2.36. The van der Waals surface area contributed by atoms with Gasteiger partial charge >= 0.3 is 6.08 Å². The second kappa shape index (κ2) is 6.77. The van der Waals surface area contributed by atoms with Crippen molar-refractivity contribution in [3.8, 4) is 6.08 Å². The predicted octanol–water partition coefficient (Wildman–Crippen LogP) is 4.26. The summed E-state index contributed by atoms with van der Waals surface area (Å²) in [7, 11) is 0. The summed E-state index contributed by atoms with van der Waals surface area (Å²) >= 11 is 0. The van der Waals surface area contributed by atoms with E-state index < -0.39 is 0 Å². The number of anilines is 1. The van der Waals surface area contributed by atoms with Crippen LogP contribution >= 0.6 is 0 Å². The third-order valence-corrected chi connectivity index (χ3v) is 5.26. The van der Waals surface area contributed by atoms with Crippen LogP contribution in [0.2, 0.25) is 0 Å². The Hall–Kier alpha value is -3.61. The molecule has 1 N–H and O–H groups in total. The molecule has 1 atom stereocenters. The lowest BCUT2D eigenvalue weighted by Crippen LogP contribution is -2.13. The second-order valence-electron chi connectivity index (χ2n) is 7.27. The van der Waals surface area contributed by atoms with Crippen molar-refractivity contribution in [3.63, 3.8) is 0 Å². The van der Waals surface area contributed by atoms with Gasteiger partial charge < -0.3 is 18.9 Å². The van der Waals surface area contributed by atoms with E-state index in [-0.39, 0.29) is 18.1 Å². The van der Waals surface area contributed by atoms with Gasteiger partial charge in [0.25, 0.3) is 5.91 Å². The summed E-state index contributed by atoms with van der Waals surface area (Å²) in [6.45, 7) is 3.92. The second-order valence-corrected chi connectivity index (χ2v) is 7.27. The minimum Gasteiger partial charge on any atom is -0.442 e. The average molecular weight is 388 g/mol. The quantitative estimate of drug-likeness (QED) is 0.565. The van der Waals surface area contributed by atoms with Gasteiger partial charge in [-0.2, -0.15) is 4.98 Å². The smallest absolute Gasteiger partial charge is 0.394 e. The first kappa shape index (κ1) is 17.5. The van der Waals surface area contributed by atoms with Crippen LogP contribution in [0.15, 0.2) is 53.4 Å². The van der Waals surface area contributed by atoms with Crippen molar-refractivity contribution in [1.82, 2.24) is 14.4 Å². The Morgan fingerprint density at radius 1 is 1.28 bits per heavy atom. The summed E-state index contributed by atoms with van der Waals surface area (Å²) in [5.41, 5.74) is 6.10. The molecule has 146 valence electrons. The number of carbonyl (C=O) groups excluding carboxylic acids is 1. The lowest BCUT2D eigenvalue weighted by atomic mass is 10.1. The number of amides is 1. The maximum Gasteiger partial charge on any atom is 0.394 e. The number of benzene rings is 1. The van der Waals surface area contributed by atoms with Gasteiger partial charge in [0, 0.05) is 23.3 Å². The van der Waals surface area contributed by atoms with E-state index >= 15 is 0 Å². The average Bonchev–Trinajstić information content (AvgIpc) is 3.42. The molecule has 3 heterocycles. The van der Waals surface area contributed by atoms with Crippen molar-refractivity contribution in [3.05, 3.63) is 77.1 Å². The fourth-order valence-electron chi connectivity index (χ4n) is 3.92. The van der Waals surface area contributed by atoms with Gasteiger partial charge in [-0.1, -0.05) is 6.07 Å². The summed E-state index contributed by atoms with van der Waals surface area (Å²) in [6.07, 6.45) is 6.80. The molecule has 0 spiro atoms. The van der Waals surface area contributed by atoms with Gasteiger partial charge in [-0.05, 0) is 62.1 Å². The lowest BCUT2D eigenvalue weighted by Gasteiger charge is -2.13. The first-order chi connectivity index (χ1) is 14.1. The number of aryl methyl sites for hydroxylation is 3. The van der Waals surface area contributed by atoms with E-state index in [1.807, 2.05) is 48.7 Å². The number of fused-ring (bicyclic) bond motifs is 2. The third-order valence-electron chi connectivity index (χ3n) is 5.26. The fourth-order valence-corrected chi connectivity index (χ4v) is 3.92. The molecular formula is C22H20N4O3. The van der Waals surface area contributed by atoms with E-state index in [1.165, 1.54) is 11.8 Å². The minimum absolute atomic E-state index is 0.136. The molecule has 7 heteroatoms. The molecule has 0 aliphatic heterocycles. The molecule has 1 unspecified atom stereocenters. The van der Waals surface area contributed by atoms with Gasteiger partial charge in [-0.15, -0.1) is 0 Å². The molecule has 4 aromatic rings. The predicted molar refractivity (Wildman–Crippen MR) is 107 cm³/mol. The maximum absolute atomic E-state index is 12.9. The normalized spacial score (nSPS) is 15.4. The lowest BCUT2D eigenvalue weighted by molar-refractivity contribution is 0.102. The van der Waals surface area contributed by atoms with Gasteiger partial charge in [-0.25, -0.2) is 4.98 Å². The molecule has 3 aromatic heterocycles. The molecule has 1 aromatic carbocycles. The van der Waals surface area contributed by atoms with Crippen LogP contribution in [-0.2, 0) is 6.42 Å². The summed E-state index contributed by atoms with van der Waals surface area (Å²) in [5, 5.41) is 3.00. The zero-order valence-electron chi connectivity index (χ0n) is 16.2. The number of rotatable bonds is 4. The van der Waals surface area contributed by atoms with Crippen LogP contribution in [0.3, 0.4) is 0 Å². The molecule has 1 aliphatic rings. The number of ether oxygens (including phenoxy) is 1. The molecule has 0 saturated heterocycles. The number of carbonyl (C=O) groups is 1. The molecule has 0 bridgehead atoms. The highest BCUT2D eigenvalue weighted by Gasteiger charge is 2.26. The maximum atomic E-state index is 12.9. The number of oxazole rings is 1. The summed E-state index contributed by atoms with van der Waals surface area (Å²) in [5.74, 6) is -0.187. The van der Waals surface area contributed by atoms with E-state index in [2.05, 4.69) is 15.3 Å². The van der Waals surface area contributed by atoms with Gasteiger partial charge in [0.15, 0.2) is 0 Å². The van der Waals surface area contributed by atoms with E-state index in [9.17, 15) is 4.79 Å². The summed E-state index contributed by atoms with van der Waals surface area (Å²) in [4.78, 5) is 21.5. The van der Waals surface area contributed by atoms with Crippen LogP contribution in [0.4, 0.5) is 5.69 Å². The molecule has 29 heavy (non-hydrogen) atoms. The molecule has 1 amide bonds. The first-order valence-electron chi connectivity index (χ1n) is 9.54. The van der Waals surface area contributed by atoms with Crippen LogP contribution < -0.4 is 10.1 Å². The van der Waals surface area contributed by atoms with Crippen molar-refractivity contribution in [2.75, 3.05) is 5.32 Å². The van der Waals surface area contributed by atoms with Crippen LogP contribution in [0.5, 0.6) is 6.08 Å². The molecule has 0 radical (unpaired) electrons. The van der Waals surface area contributed by atoms with E-state index in [4.69, 9.17) is 9.15 Å². The highest BCUT2D eigenvalue weighted by molar-refractivity contribution is 6.08. The number of hydrogen-bond donors (Lipinski definition) is 1. The third kappa shape index (κ3) is 3.14. The minimum atomic E-state index is -0.187. The summed E-state index contributed by atoms with van der Waals surface area (Å²) < 4.78 is 13.0. The number of aromatic nitrogens is 3. The van der Waals surface area contributed by atoms with Crippen molar-refractivity contribution in [2.24, 2.45) is 0 Å². The largest absolute Gasteiger partial charge is 0.442 e. The van der Waals surface area contributed by atoms with Crippen LogP contribution in [0, 0.1) is 13.8 Å². The van der Waals surface area contributed by atoms with E-state index in [1.54, 1.807) is 12.3 Å². The zero-order chi connectivity index (χ0) is 20.0. The Morgan fingerprint density at radius 2 is 2.17 bits per heavy atom. The number of nitrogens with one attached hydrogen (secondary N) is 1.